The minimum atomic E-state index is -0.675. The fraction of sp³-hybridized carbons (Fsp3) is 0.333. The molecule has 2 aromatic rings. The molecule has 0 bridgehead atoms. The number of halogens is 1. The number of nitrogens with zero attached hydrogens (tertiary/aromatic N) is 2. The second kappa shape index (κ2) is 9.02. The minimum absolute atomic E-state index is 0.112. The van der Waals surface area contributed by atoms with Crippen molar-refractivity contribution in [2.75, 3.05) is 27.2 Å². The molecule has 0 spiro atoms. The van der Waals surface area contributed by atoms with Gasteiger partial charge in [0.15, 0.2) is 0 Å². The second-order valence-corrected chi connectivity index (χ2v) is 8.46. The Morgan fingerprint density at radius 1 is 1.13 bits per heavy atom. The zero-order valence-corrected chi connectivity index (χ0v) is 18.5. The van der Waals surface area contributed by atoms with Crippen LogP contribution in [0.4, 0.5) is 0 Å². The molecule has 158 valence electrons. The Morgan fingerprint density at radius 2 is 1.87 bits per heavy atom. The highest BCUT2D eigenvalue weighted by atomic mass is 35.5. The predicted molar refractivity (Wildman–Crippen MR) is 120 cm³/mol. The summed E-state index contributed by atoms with van der Waals surface area (Å²) in [4.78, 5) is 29.6. The van der Waals surface area contributed by atoms with Crippen LogP contribution < -0.4 is 0 Å². The summed E-state index contributed by atoms with van der Waals surface area (Å²) in [5.74, 6) is -1.40. The molecule has 0 saturated carbocycles. The smallest absolute Gasteiger partial charge is 0.295 e. The van der Waals surface area contributed by atoms with Crippen molar-refractivity contribution in [3.8, 4) is 0 Å². The maximum Gasteiger partial charge on any atom is 0.295 e. The van der Waals surface area contributed by atoms with Crippen molar-refractivity contribution in [2.24, 2.45) is 0 Å². The summed E-state index contributed by atoms with van der Waals surface area (Å²) in [7, 11) is 3.92. The van der Waals surface area contributed by atoms with Crippen LogP contribution in [0.2, 0.25) is 5.02 Å². The summed E-state index contributed by atoms with van der Waals surface area (Å²) in [6.45, 7) is 4.98. The third kappa shape index (κ3) is 4.42. The fourth-order valence-corrected chi connectivity index (χ4v) is 4.03. The van der Waals surface area contributed by atoms with Gasteiger partial charge in [0.25, 0.3) is 11.7 Å². The number of aryl methyl sites for hydroxylation is 2. The number of amides is 1. The molecule has 1 unspecified atom stereocenters. The van der Waals surface area contributed by atoms with E-state index in [1.165, 1.54) is 0 Å². The highest BCUT2D eigenvalue weighted by Gasteiger charge is 2.45. The fourth-order valence-electron chi connectivity index (χ4n) is 3.83. The van der Waals surface area contributed by atoms with Gasteiger partial charge < -0.3 is 14.9 Å². The number of aliphatic hydroxyl groups excluding tert-OH is 1. The number of hydrogen-bond acceptors (Lipinski definition) is 4. The average Bonchev–Trinajstić information content (AvgIpc) is 2.94. The van der Waals surface area contributed by atoms with Gasteiger partial charge in [-0.25, -0.2) is 0 Å². The summed E-state index contributed by atoms with van der Waals surface area (Å²) in [6.07, 6.45) is 0.709. The average molecular weight is 427 g/mol. The van der Waals surface area contributed by atoms with Crippen molar-refractivity contribution in [1.29, 1.82) is 0 Å². The van der Waals surface area contributed by atoms with E-state index < -0.39 is 17.7 Å². The van der Waals surface area contributed by atoms with Crippen LogP contribution >= 0.6 is 11.6 Å². The predicted octanol–water partition coefficient (Wildman–Crippen LogP) is 4.33. The summed E-state index contributed by atoms with van der Waals surface area (Å²) in [5.41, 5.74) is 3.18. The summed E-state index contributed by atoms with van der Waals surface area (Å²) < 4.78 is 0. The van der Waals surface area contributed by atoms with Crippen molar-refractivity contribution in [1.82, 2.24) is 9.80 Å². The molecule has 0 aliphatic carbocycles. The first kappa shape index (κ1) is 22.1. The number of aliphatic hydroxyl groups is 1. The van der Waals surface area contributed by atoms with Crippen molar-refractivity contribution >= 4 is 29.1 Å². The summed E-state index contributed by atoms with van der Waals surface area (Å²) in [5, 5.41) is 11.7. The van der Waals surface area contributed by atoms with Crippen molar-refractivity contribution in [2.45, 2.75) is 26.3 Å². The van der Waals surface area contributed by atoms with Gasteiger partial charge in [0.2, 0.25) is 0 Å². The van der Waals surface area contributed by atoms with E-state index in [0.717, 1.165) is 17.7 Å². The van der Waals surface area contributed by atoms with E-state index in [9.17, 15) is 14.7 Å². The normalized spacial score (nSPS) is 18.5. The van der Waals surface area contributed by atoms with Crippen LogP contribution in [-0.2, 0) is 9.59 Å². The van der Waals surface area contributed by atoms with Crippen LogP contribution in [-0.4, -0.2) is 53.8 Å². The molecule has 1 aliphatic rings. The largest absolute Gasteiger partial charge is 0.507 e. The maximum atomic E-state index is 13.0. The third-order valence-corrected chi connectivity index (χ3v) is 5.59. The van der Waals surface area contributed by atoms with E-state index in [4.69, 9.17) is 11.6 Å². The molecule has 1 N–H and O–H groups in total. The van der Waals surface area contributed by atoms with Gasteiger partial charge in [0.1, 0.15) is 5.76 Å². The van der Waals surface area contributed by atoms with Crippen molar-refractivity contribution in [3.63, 3.8) is 0 Å². The lowest BCUT2D eigenvalue weighted by molar-refractivity contribution is -0.139. The van der Waals surface area contributed by atoms with Gasteiger partial charge in [-0.1, -0.05) is 41.4 Å². The topological polar surface area (TPSA) is 60.9 Å². The van der Waals surface area contributed by atoms with Gasteiger partial charge in [-0.05, 0) is 70.2 Å². The zero-order chi connectivity index (χ0) is 22.0. The van der Waals surface area contributed by atoms with E-state index in [-0.39, 0.29) is 11.3 Å². The van der Waals surface area contributed by atoms with Crippen LogP contribution in [0, 0.1) is 13.8 Å². The lowest BCUT2D eigenvalue weighted by Gasteiger charge is -2.26. The molecule has 30 heavy (non-hydrogen) atoms. The Balaban J connectivity index is 2.15. The monoisotopic (exact) mass is 426 g/mol. The van der Waals surface area contributed by atoms with Crippen LogP contribution in [0.3, 0.4) is 0 Å². The number of likely N-dealkylation sites (tertiary alicyclic amines) is 1. The van der Waals surface area contributed by atoms with Crippen LogP contribution in [0.15, 0.2) is 48.0 Å². The molecule has 1 atom stereocenters. The molecular formula is C24H27ClN2O3. The van der Waals surface area contributed by atoms with E-state index in [0.29, 0.717) is 29.1 Å². The van der Waals surface area contributed by atoms with Gasteiger partial charge in [-0.15, -0.1) is 0 Å². The Kier molecular flexibility index (Phi) is 6.64. The van der Waals surface area contributed by atoms with E-state index in [2.05, 4.69) is 0 Å². The summed E-state index contributed by atoms with van der Waals surface area (Å²) in [6, 6.07) is 12.1. The van der Waals surface area contributed by atoms with Gasteiger partial charge in [-0.2, -0.15) is 0 Å². The number of hydrogen-bond donors (Lipinski definition) is 1. The molecule has 5 nitrogen and oxygen atoms in total. The van der Waals surface area contributed by atoms with Gasteiger partial charge in [0.05, 0.1) is 11.6 Å². The molecule has 1 heterocycles. The van der Waals surface area contributed by atoms with Crippen LogP contribution in [0.1, 0.15) is 34.7 Å². The minimum Gasteiger partial charge on any atom is -0.507 e. The zero-order valence-electron chi connectivity index (χ0n) is 17.8. The third-order valence-electron chi connectivity index (χ3n) is 5.36. The number of benzene rings is 2. The Labute approximate surface area is 182 Å². The standard InChI is InChI=1S/C24H27ClN2O3/c1-15-9-10-16(2)19(13-15)22(28)20-21(17-7-5-8-18(25)14-17)27(24(30)23(20)29)12-6-11-26(3)4/h5,7-10,13-14,21,28H,6,11-12H2,1-4H3. The molecule has 1 amide bonds. The van der Waals surface area contributed by atoms with Gasteiger partial charge >= 0.3 is 0 Å². The number of Topliss-reactive ketones (excluding diaryl/α,β-unsaturated/α-hetero) is 1. The number of carbonyl (C=O) groups excluding carboxylic acids is 2. The lowest BCUT2D eigenvalue weighted by Crippen LogP contribution is -2.32. The lowest BCUT2D eigenvalue weighted by atomic mass is 9.93. The van der Waals surface area contributed by atoms with E-state index in [1.54, 1.807) is 23.1 Å². The second-order valence-electron chi connectivity index (χ2n) is 8.02. The van der Waals surface area contributed by atoms with Crippen LogP contribution in [0.25, 0.3) is 5.76 Å². The Bertz CT molecular complexity index is 1010. The first-order valence-electron chi connectivity index (χ1n) is 9.97. The number of carbonyl (C=O) groups is 2. The molecule has 0 aromatic heterocycles. The van der Waals surface area contributed by atoms with Gasteiger partial charge in [0, 0.05) is 17.1 Å². The molecular weight excluding hydrogens is 400 g/mol. The van der Waals surface area contributed by atoms with Crippen LogP contribution in [0.5, 0.6) is 0 Å². The number of rotatable bonds is 6. The molecule has 0 radical (unpaired) electrons. The maximum absolute atomic E-state index is 13.0. The Hall–Kier alpha value is -2.63. The van der Waals surface area contributed by atoms with E-state index >= 15 is 0 Å². The SMILES string of the molecule is Cc1ccc(C)c(C(O)=C2C(=O)C(=O)N(CCCN(C)C)C2c2cccc(Cl)c2)c1. The molecule has 6 heteroatoms. The van der Waals surface area contributed by atoms with Crippen molar-refractivity contribution < 1.29 is 14.7 Å². The number of ketones is 1. The highest BCUT2D eigenvalue weighted by molar-refractivity contribution is 6.46. The molecule has 1 saturated heterocycles. The first-order chi connectivity index (χ1) is 14.2. The van der Waals surface area contributed by atoms with E-state index in [1.807, 2.05) is 57.1 Å². The van der Waals surface area contributed by atoms with Crippen molar-refractivity contribution in [3.05, 3.63) is 75.3 Å². The molecule has 1 aliphatic heterocycles. The highest BCUT2D eigenvalue weighted by Crippen LogP contribution is 2.40. The summed E-state index contributed by atoms with van der Waals surface area (Å²) >= 11 is 6.21. The molecule has 1 fully saturated rings. The Morgan fingerprint density at radius 3 is 2.53 bits per heavy atom. The molecule has 3 rings (SSSR count). The first-order valence-corrected chi connectivity index (χ1v) is 10.3. The quantitative estimate of drug-likeness (QED) is 0.424. The van der Waals surface area contributed by atoms with Gasteiger partial charge in [-0.3, -0.25) is 9.59 Å². The molecule has 2 aromatic carbocycles.